The molecule has 2 atom stereocenters. The zero-order chi connectivity index (χ0) is 20.1. The van der Waals surface area contributed by atoms with Gasteiger partial charge in [0.15, 0.2) is 0 Å². The van der Waals surface area contributed by atoms with Crippen LogP contribution in [0.25, 0.3) is 0 Å². The molecule has 0 spiro atoms. The predicted molar refractivity (Wildman–Crippen MR) is 113 cm³/mol. The minimum absolute atomic E-state index is 0.131. The SMILES string of the molecule is CCc1ccc(C(=O)N2[C@@H](C(=O)OCC(C)C)CS[C@@H]2c2ccccc2)cc1. The van der Waals surface area contributed by atoms with Gasteiger partial charge in [0.1, 0.15) is 11.4 Å². The average Bonchev–Trinajstić information content (AvgIpc) is 3.17. The molecule has 0 N–H and O–H groups in total. The highest BCUT2D eigenvalue weighted by molar-refractivity contribution is 7.99. The van der Waals surface area contributed by atoms with Crippen LogP contribution in [0.3, 0.4) is 0 Å². The third-order valence-corrected chi connectivity index (χ3v) is 6.08. The molecule has 1 amide bonds. The first-order valence-corrected chi connectivity index (χ1v) is 10.8. The summed E-state index contributed by atoms with van der Waals surface area (Å²) in [6.07, 6.45) is 0.921. The second-order valence-corrected chi connectivity index (χ2v) is 8.51. The van der Waals surface area contributed by atoms with Gasteiger partial charge in [-0.1, -0.05) is 63.2 Å². The Morgan fingerprint density at radius 1 is 1.11 bits per heavy atom. The summed E-state index contributed by atoms with van der Waals surface area (Å²) in [6, 6.07) is 16.9. The molecule has 2 aromatic rings. The lowest BCUT2D eigenvalue weighted by molar-refractivity contribution is -0.149. The minimum Gasteiger partial charge on any atom is -0.464 e. The zero-order valence-electron chi connectivity index (χ0n) is 16.6. The molecule has 1 fully saturated rings. The maximum atomic E-state index is 13.4. The fourth-order valence-electron chi connectivity index (χ4n) is 3.19. The number of thioether (sulfide) groups is 1. The van der Waals surface area contributed by atoms with Crippen molar-refractivity contribution in [2.24, 2.45) is 5.92 Å². The van der Waals surface area contributed by atoms with Crippen LogP contribution in [-0.4, -0.2) is 35.2 Å². The summed E-state index contributed by atoms with van der Waals surface area (Å²) in [5.74, 6) is 0.342. The first-order valence-electron chi connectivity index (χ1n) is 9.76. The van der Waals surface area contributed by atoms with Crippen LogP contribution in [0.1, 0.15) is 47.6 Å². The maximum absolute atomic E-state index is 13.4. The van der Waals surface area contributed by atoms with Crippen molar-refractivity contribution in [1.29, 1.82) is 0 Å². The third-order valence-electron chi connectivity index (χ3n) is 4.76. The van der Waals surface area contributed by atoms with E-state index in [0.717, 1.165) is 12.0 Å². The van der Waals surface area contributed by atoms with Gasteiger partial charge < -0.3 is 9.64 Å². The summed E-state index contributed by atoms with van der Waals surface area (Å²) in [5.41, 5.74) is 2.80. The van der Waals surface area contributed by atoms with Gasteiger partial charge in [-0.15, -0.1) is 11.8 Å². The topological polar surface area (TPSA) is 46.6 Å². The number of carbonyl (C=O) groups is 2. The Bertz CT molecular complexity index is 804. The number of esters is 1. The maximum Gasteiger partial charge on any atom is 0.329 e. The molecule has 5 heteroatoms. The summed E-state index contributed by atoms with van der Waals surface area (Å²) in [6.45, 7) is 6.45. The van der Waals surface area contributed by atoms with E-state index >= 15 is 0 Å². The van der Waals surface area contributed by atoms with E-state index in [1.807, 2.05) is 68.4 Å². The molecular formula is C23H27NO3S. The molecule has 148 valence electrons. The molecular weight excluding hydrogens is 370 g/mol. The van der Waals surface area contributed by atoms with Crippen molar-refractivity contribution >= 4 is 23.6 Å². The molecule has 0 saturated carbocycles. The van der Waals surface area contributed by atoms with Gasteiger partial charge in [0.05, 0.1) is 6.61 Å². The molecule has 1 aliphatic rings. The second-order valence-electron chi connectivity index (χ2n) is 7.40. The van der Waals surface area contributed by atoms with Crippen LogP contribution in [-0.2, 0) is 16.0 Å². The Morgan fingerprint density at radius 2 is 1.79 bits per heavy atom. The van der Waals surface area contributed by atoms with E-state index in [9.17, 15) is 9.59 Å². The van der Waals surface area contributed by atoms with Gasteiger partial charge in [-0.25, -0.2) is 4.79 Å². The summed E-state index contributed by atoms with van der Waals surface area (Å²) in [5, 5.41) is -0.198. The van der Waals surface area contributed by atoms with Crippen LogP contribution in [0, 0.1) is 5.92 Å². The Hall–Kier alpha value is -2.27. The Kier molecular flexibility index (Phi) is 6.79. The molecule has 1 aliphatic heterocycles. The van der Waals surface area contributed by atoms with Crippen molar-refractivity contribution in [3.8, 4) is 0 Å². The summed E-state index contributed by atoms with van der Waals surface area (Å²) in [4.78, 5) is 27.8. The lowest BCUT2D eigenvalue weighted by Crippen LogP contribution is -2.44. The molecule has 0 bridgehead atoms. The number of ether oxygens (including phenoxy) is 1. The normalized spacial score (nSPS) is 19.1. The first kappa shape index (κ1) is 20.5. The van der Waals surface area contributed by atoms with Crippen molar-refractivity contribution in [3.63, 3.8) is 0 Å². The molecule has 4 nitrogen and oxygen atoms in total. The van der Waals surface area contributed by atoms with Gasteiger partial charge in [-0.2, -0.15) is 0 Å². The van der Waals surface area contributed by atoms with Crippen LogP contribution in [0.4, 0.5) is 0 Å². The van der Waals surface area contributed by atoms with Crippen molar-refractivity contribution in [3.05, 3.63) is 71.3 Å². The standard InChI is InChI=1S/C23H27NO3S/c1-4-17-10-12-18(13-11-17)21(25)24-20(23(26)27-14-16(2)3)15-28-22(24)19-8-6-5-7-9-19/h5-13,16,20,22H,4,14-15H2,1-3H3/t20-,22-/m1/s1. The Balaban J connectivity index is 1.89. The van der Waals surface area contributed by atoms with Gasteiger partial charge in [-0.05, 0) is 35.6 Å². The lowest BCUT2D eigenvalue weighted by Gasteiger charge is -2.29. The lowest BCUT2D eigenvalue weighted by atomic mass is 10.1. The molecule has 0 aliphatic carbocycles. The van der Waals surface area contributed by atoms with Gasteiger partial charge in [-0.3, -0.25) is 4.79 Å². The number of rotatable bonds is 6. The third kappa shape index (κ3) is 4.58. The quantitative estimate of drug-likeness (QED) is 0.663. The van der Waals surface area contributed by atoms with Gasteiger partial charge in [0.25, 0.3) is 5.91 Å². The molecule has 28 heavy (non-hydrogen) atoms. The number of aryl methyl sites for hydroxylation is 1. The van der Waals surface area contributed by atoms with Crippen molar-refractivity contribution < 1.29 is 14.3 Å². The van der Waals surface area contributed by atoms with E-state index in [0.29, 0.717) is 17.9 Å². The van der Waals surface area contributed by atoms with E-state index in [1.165, 1.54) is 5.56 Å². The number of carbonyl (C=O) groups excluding carboxylic acids is 2. The van der Waals surface area contributed by atoms with Crippen LogP contribution < -0.4 is 0 Å². The Labute approximate surface area is 171 Å². The highest BCUT2D eigenvalue weighted by atomic mass is 32.2. The smallest absolute Gasteiger partial charge is 0.329 e. The van der Waals surface area contributed by atoms with Crippen LogP contribution in [0.5, 0.6) is 0 Å². The van der Waals surface area contributed by atoms with E-state index in [4.69, 9.17) is 4.74 Å². The molecule has 0 unspecified atom stereocenters. The fraction of sp³-hybridized carbons (Fsp3) is 0.391. The van der Waals surface area contributed by atoms with E-state index in [2.05, 4.69) is 6.92 Å². The molecule has 2 aromatic carbocycles. The van der Waals surface area contributed by atoms with E-state index in [1.54, 1.807) is 16.7 Å². The number of hydrogen-bond acceptors (Lipinski definition) is 4. The number of nitrogens with zero attached hydrogens (tertiary/aromatic N) is 1. The fourth-order valence-corrected chi connectivity index (χ4v) is 4.60. The van der Waals surface area contributed by atoms with Crippen molar-refractivity contribution in [2.75, 3.05) is 12.4 Å². The van der Waals surface area contributed by atoms with Crippen LogP contribution in [0.2, 0.25) is 0 Å². The Morgan fingerprint density at radius 3 is 2.39 bits per heavy atom. The van der Waals surface area contributed by atoms with Crippen LogP contribution >= 0.6 is 11.8 Å². The first-order chi connectivity index (χ1) is 13.5. The monoisotopic (exact) mass is 397 g/mol. The number of hydrogen-bond donors (Lipinski definition) is 0. The predicted octanol–water partition coefficient (Wildman–Crippen LogP) is 4.70. The van der Waals surface area contributed by atoms with Gasteiger partial charge in [0, 0.05) is 11.3 Å². The minimum atomic E-state index is -0.577. The van der Waals surface area contributed by atoms with Crippen molar-refractivity contribution in [2.45, 2.75) is 38.6 Å². The van der Waals surface area contributed by atoms with E-state index < -0.39 is 6.04 Å². The zero-order valence-corrected chi connectivity index (χ0v) is 17.4. The molecule has 1 saturated heterocycles. The highest BCUT2D eigenvalue weighted by Gasteiger charge is 2.43. The van der Waals surface area contributed by atoms with Crippen LogP contribution in [0.15, 0.2) is 54.6 Å². The van der Waals surface area contributed by atoms with Gasteiger partial charge in [0.2, 0.25) is 0 Å². The largest absolute Gasteiger partial charge is 0.464 e. The van der Waals surface area contributed by atoms with Crippen molar-refractivity contribution in [1.82, 2.24) is 4.90 Å². The molecule has 0 aromatic heterocycles. The molecule has 3 rings (SSSR count). The highest BCUT2D eigenvalue weighted by Crippen LogP contribution is 2.42. The van der Waals surface area contributed by atoms with Gasteiger partial charge >= 0.3 is 5.97 Å². The summed E-state index contributed by atoms with van der Waals surface area (Å²) >= 11 is 1.61. The molecule has 0 radical (unpaired) electrons. The van der Waals surface area contributed by atoms with E-state index in [-0.39, 0.29) is 23.2 Å². The average molecular weight is 398 g/mol. The molecule has 1 heterocycles. The second kappa shape index (κ2) is 9.28. The number of amides is 1. The summed E-state index contributed by atoms with van der Waals surface area (Å²) < 4.78 is 5.48. The summed E-state index contributed by atoms with van der Waals surface area (Å²) in [7, 11) is 0. The number of benzene rings is 2.